The Morgan fingerprint density at radius 3 is 2.78 bits per heavy atom. The summed E-state index contributed by atoms with van der Waals surface area (Å²) in [4.78, 5) is 0. The van der Waals surface area contributed by atoms with Gasteiger partial charge in [-0.05, 0) is 78.2 Å². The summed E-state index contributed by atoms with van der Waals surface area (Å²) in [7, 11) is 0. The second kappa shape index (κ2) is 6.53. The Balaban J connectivity index is 2.06. The molecule has 1 aromatic rings. The molecule has 4 heteroatoms. The van der Waals surface area contributed by atoms with Gasteiger partial charge >= 0.3 is 0 Å². The SMILES string of the molecule is NCCCCc1cc(F)cc(Br)c1OCC1CC1. The van der Waals surface area contributed by atoms with Gasteiger partial charge in [-0.2, -0.15) is 0 Å². The summed E-state index contributed by atoms with van der Waals surface area (Å²) in [5.74, 6) is 1.28. The van der Waals surface area contributed by atoms with Gasteiger partial charge in [0.05, 0.1) is 11.1 Å². The molecule has 1 aliphatic rings. The molecule has 100 valence electrons. The highest BCUT2D eigenvalue weighted by molar-refractivity contribution is 9.10. The minimum absolute atomic E-state index is 0.219. The van der Waals surface area contributed by atoms with Crippen LogP contribution in [0.1, 0.15) is 31.2 Å². The van der Waals surface area contributed by atoms with Gasteiger partial charge in [-0.25, -0.2) is 4.39 Å². The quantitative estimate of drug-likeness (QED) is 0.779. The van der Waals surface area contributed by atoms with E-state index in [2.05, 4.69) is 15.9 Å². The fourth-order valence-corrected chi connectivity index (χ4v) is 2.49. The molecule has 0 atom stereocenters. The highest BCUT2D eigenvalue weighted by Crippen LogP contribution is 2.35. The van der Waals surface area contributed by atoms with Gasteiger partial charge in [0.2, 0.25) is 0 Å². The summed E-state index contributed by atoms with van der Waals surface area (Å²) in [6, 6.07) is 3.04. The topological polar surface area (TPSA) is 35.2 Å². The van der Waals surface area contributed by atoms with Crippen LogP contribution < -0.4 is 10.5 Å². The Hall–Kier alpha value is -0.610. The van der Waals surface area contributed by atoms with E-state index in [4.69, 9.17) is 10.5 Å². The minimum Gasteiger partial charge on any atom is -0.492 e. The fourth-order valence-electron chi connectivity index (χ4n) is 1.91. The highest BCUT2D eigenvalue weighted by Gasteiger charge is 2.23. The lowest BCUT2D eigenvalue weighted by molar-refractivity contribution is 0.294. The molecule has 0 radical (unpaired) electrons. The number of aryl methyl sites for hydroxylation is 1. The fraction of sp³-hybridized carbons (Fsp3) is 0.571. The van der Waals surface area contributed by atoms with Crippen LogP contribution in [0.4, 0.5) is 4.39 Å². The van der Waals surface area contributed by atoms with Gasteiger partial charge in [0.25, 0.3) is 0 Å². The molecule has 1 aliphatic carbocycles. The molecule has 2 N–H and O–H groups in total. The number of rotatable bonds is 7. The van der Waals surface area contributed by atoms with E-state index in [0.29, 0.717) is 16.9 Å². The summed E-state index contributed by atoms with van der Waals surface area (Å²) in [6.07, 6.45) is 5.23. The Labute approximate surface area is 116 Å². The molecule has 0 amide bonds. The van der Waals surface area contributed by atoms with Crippen molar-refractivity contribution < 1.29 is 9.13 Å². The monoisotopic (exact) mass is 315 g/mol. The zero-order chi connectivity index (χ0) is 13.0. The first kappa shape index (κ1) is 13.8. The number of nitrogens with two attached hydrogens (primary N) is 1. The lowest BCUT2D eigenvalue weighted by Crippen LogP contribution is -2.04. The number of ether oxygens (including phenoxy) is 1. The predicted molar refractivity (Wildman–Crippen MR) is 74.3 cm³/mol. The number of halogens is 2. The van der Waals surface area contributed by atoms with Gasteiger partial charge < -0.3 is 10.5 Å². The van der Waals surface area contributed by atoms with Gasteiger partial charge in [-0.1, -0.05) is 0 Å². The first-order chi connectivity index (χ1) is 8.70. The van der Waals surface area contributed by atoms with Crippen molar-refractivity contribution in [3.63, 3.8) is 0 Å². The van der Waals surface area contributed by atoms with Crippen LogP contribution in [0, 0.1) is 11.7 Å². The summed E-state index contributed by atoms with van der Waals surface area (Å²) < 4.78 is 20.0. The van der Waals surface area contributed by atoms with Crippen molar-refractivity contribution in [2.24, 2.45) is 11.7 Å². The van der Waals surface area contributed by atoms with Crippen LogP contribution in [-0.4, -0.2) is 13.2 Å². The van der Waals surface area contributed by atoms with Crippen LogP contribution in [0.15, 0.2) is 16.6 Å². The van der Waals surface area contributed by atoms with Crippen LogP contribution in [-0.2, 0) is 6.42 Å². The van der Waals surface area contributed by atoms with E-state index in [9.17, 15) is 4.39 Å². The van der Waals surface area contributed by atoms with E-state index in [1.54, 1.807) is 6.07 Å². The number of unbranched alkanes of at least 4 members (excludes halogenated alkanes) is 1. The maximum Gasteiger partial charge on any atom is 0.136 e. The highest BCUT2D eigenvalue weighted by atomic mass is 79.9. The molecule has 2 rings (SSSR count). The first-order valence-corrected chi connectivity index (χ1v) is 7.31. The van der Waals surface area contributed by atoms with E-state index in [-0.39, 0.29) is 5.82 Å². The summed E-state index contributed by atoms with van der Waals surface area (Å²) in [5.41, 5.74) is 6.42. The molecule has 1 aromatic carbocycles. The Morgan fingerprint density at radius 2 is 2.11 bits per heavy atom. The number of hydrogen-bond donors (Lipinski definition) is 1. The maximum absolute atomic E-state index is 13.4. The Kier molecular flexibility index (Phi) is 5.01. The van der Waals surface area contributed by atoms with E-state index >= 15 is 0 Å². The Morgan fingerprint density at radius 1 is 1.33 bits per heavy atom. The lowest BCUT2D eigenvalue weighted by atomic mass is 10.1. The smallest absolute Gasteiger partial charge is 0.136 e. The van der Waals surface area contributed by atoms with Crippen molar-refractivity contribution in [2.45, 2.75) is 32.1 Å². The molecular weight excluding hydrogens is 297 g/mol. The zero-order valence-corrected chi connectivity index (χ0v) is 12.0. The van der Waals surface area contributed by atoms with Crippen LogP contribution in [0.3, 0.4) is 0 Å². The van der Waals surface area contributed by atoms with Crippen LogP contribution >= 0.6 is 15.9 Å². The summed E-state index contributed by atoms with van der Waals surface area (Å²) >= 11 is 3.39. The van der Waals surface area contributed by atoms with E-state index < -0.39 is 0 Å². The minimum atomic E-state index is -0.219. The van der Waals surface area contributed by atoms with Gasteiger partial charge in [-0.3, -0.25) is 0 Å². The third-order valence-corrected chi connectivity index (χ3v) is 3.73. The molecule has 0 bridgehead atoms. The van der Waals surface area contributed by atoms with Crippen LogP contribution in [0.25, 0.3) is 0 Å². The summed E-state index contributed by atoms with van der Waals surface area (Å²) in [5, 5.41) is 0. The van der Waals surface area contributed by atoms with Crippen molar-refractivity contribution in [1.82, 2.24) is 0 Å². The van der Waals surface area contributed by atoms with Gasteiger partial charge in [0.15, 0.2) is 0 Å². The molecule has 0 aromatic heterocycles. The molecule has 0 saturated heterocycles. The number of benzene rings is 1. The standard InChI is InChI=1S/C14H19BrFNO/c15-13-8-12(16)7-11(3-1-2-6-17)14(13)18-9-10-4-5-10/h7-8,10H,1-6,9,17H2. The third-order valence-electron chi connectivity index (χ3n) is 3.15. The zero-order valence-electron chi connectivity index (χ0n) is 10.4. The average Bonchev–Trinajstić information content (AvgIpc) is 3.12. The Bertz CT molecular complexity index is 407. The second-order valence-electron chi connectivity index (χ2n) is 4.88. The van der Waals surface area contributed by atoms with Gasteiger partial charge in [-0.15, -0.1) is 0 Å². The third kappa shape index (κ3) is 3.95. The summed E-state index contributed by atoms with van der Waals surface area (Å²) in [6.45, 7) is 1.42. The van der Waals surface area contributed by atoms with Crippen molar-refractivity contribution in [3.05, 3.63) is 28.0 Å². The first-order valence-electron chi connectivity index (χ1n) is 6.51. The largest absolute Gasteiger partial charge is 0.492 e. The van der Waals surface area contributed by atoms with Crippen LogP contribution in [0.2, 0.25) is 0 Å². The molecule has 0 unspecified atom stereocenters. The second-order valence-corrected chi connectivity index (χ2v) is 5.73. The predicted octanol–water partition coefficient (Wildman–Crippen LogP) is 3.66. The molecular formula is C14H19BrFNO. The normalized spacial score (nSPS) is 14.8. The molecule has 1 saturated carbocycles. The average molecular weight is 316 g/mol. The van der Waals surface area contributed by atoms with E-state index in [1.165, 1.54) is 18.9 Å². The molecule has 18 heavy (non-hydrogen) atoms. The number of hydrogen-bond acceptors (Lipinski definition) is 2. The van der Waals surface area contributed by atoms with Crippen molar-refractivity contribution >= 4 is 15.9 Å². The van der Waals surface area contributed by atoms with Crippen LogP contribution in [0.5, 0.6) is 5.75 Å². The molecule has 0 spiro atoms. The lowest BCUT2D eigenvalue weighted by Gasteiger charge is -2.13. The maximum atomic E-state index is 13.4. The molecule has 2 nitrogen and oxygen atoms in total. The van der Waals surface area contributed by atoms with E-state index in [0.717, 1.165) is 37.2 Å². The van der Waals surface area contributed by atoms with Gasteiger partial charge in [0, 0.05) is 0 Å². The molecule has 0 aliphatic heterocycles. The van der Waals surface area contributed by atoms with Crippen molar-refractivity contribution in [2.75, 3.05) is 13.2 Å². The van der Waals surface area contributed by atoms with E-state index in [1.807, 2.05) is 0 Å². The van der Waals surface area contributed by atoms with Crippen molar-refractivity contribution in [3.8, 4) is 5.75 Å². The molecule has 0 heterocycles. The van der Waals surface area contributed by atoms with Gasteiger partial charge in [0.1, 0.15) is 11.6 Å². The molecule has 1 fully saturated rings. The van der Waals surface area contributed by atoms with Crippen molar-refractivity contribution in [1.29, 1.82) is 0 Å².